The minimum Gasteiger partial charge on any atom is -0.298 e. The Balaban J connectivity index is 2.66. The Bertz CT molecular complexity index is 599. The maximum atomic E-state index is 13.6. The Morgan fingerprint density at radius 3 is 1.94 bits per heavy atom. The lowest BCUT2D eigenvalue weighted by Crippen LogP contribution is -1.96. The summed E-state index contributed by atoms with van der Waals surface area (Å²) in [6.45, 7) is 0. The quantitative estimate of drug-likeness (QED) is 0.589. The van der Waals surface area contributed by atoms with E-state index in [1.54, 1.807) is 0 Å². The zero-order valence-electron chi connectivity index (χ0n) is 8.88. The van der Waals surface area contributed by atoms with E-state index >= 15 is 0 Å². The van der Waals surface area contributed by atoms with Crippen molar-refractivity contribution in [2.24, 2.45) is 0 Å². The number of hydrogen-bond acceptors (Lipinski definition) is 1. The predicted molar refractivity (Wildman–Crippen MR) is 57.1 cm³/mol. The van der Waals surface area contributed by atoms with Crippen LogP contribution in [0.2, 0.25) is 0 Å². The lowest BCUT2D eigenvalue weighted by molar-refractivity contribution is 0.112. The fourth-order valence-corrected chi connectivity index (χ4v) is 1.61. The molecule has 5 heteroatoms. The molecule has 0 spiro atoms. The van der Waals surface area contributed by atoms with Crippen LogP contribution < -0.4 is 0 Å². The molecule has 0 saturated carbocycles. The van der Waals surface area contributed by atoms with Gasteiger partial charge in [-0.05, 0) is 6.07 Å². The van der Waals surface area contributed by atoms with E-state index in [4.69, 9.17) is 0 Å². The summed E-state index contributed by atoms with van der Waals surface area (Å²) in [6.07, 6.45) is 0.407. The van der Waals surface area contributed by atoms with Gasteiger partial charge in [-0.3, -0.25) is 4.79 Å². The Hall–Kier alpha value is -2.17. The van der Waals surface area contributed by atoms with Crippen molar-refractivity contribution in [3.8, 4) is 11.1 Å². The molecule has 1 nitrogen and oxygen atoms in total. The van der Waals surface area contributed by atoms with Gasteiger partial charge in [-0.15, -0.1) is 0 Å². The van der Waals surface area contributed by atoms with Gasteiger partial charge in [0.25, 0.3) is 0 Å². The van der Waals surface area contributed by atoms with Crippen LogP contribution in [0.3, 0.4) is 0 Å². The molecule has 2 aromatic carbocycles. The van der Waals surface area contributed by atoms with Crippen LogP contribution in [0.5, 0.6) is 0 Å². The minimum atomic E-state index is -1.20. The van der Waals surface area contributed by atoms with E-state index in [1.807, 2.05) is 0 Å². The molecule has 0 heterocycles. The molecule has 0 aliphatic rings. The van der Waals surface area contributed by atoms with Gasteiger partial charge in [-0.2, -0.15) is 0 Å². The van der Waals surface area contributed by atoms with E-state index in [9.17, 15) is 22.4 Å². The van der Waals surface area contributed by atoms with Gasteiger partial charge in [0.05, 0.1) is 5.56 Å². The van der Waals surface area contributed by atoms with Crippen LogP contribution in [0.1, 0.15) is 10.4 Å². The number of rotatable bonds is 2. The van der Waals surface area contributed by atoms with E-state index in [-0.39, 0.29) is 11.1 Å². The second-order valence-electron chi connectivity index (χ2n) is 3.60. The number of carbonyl (C=O) groups excluding carboxylic acids is 1. The molecule has 92 valence electrons. The maximum absolute atomic E-state index is 13.6. The van der Waals surface area contributed by atoms with Crippen LogP contribution in [-0.2, 0) is 0 Å². The lowest BCUT2D eigenvalue weighted by Gasteiger charge is -2.07. The predicted octanol–water partition coefficient (Wildman–Crippen LogP) is 3.72. The van der Waals surface area contributed by atoms with Crippen LogP contribution >= 0.6 is 0 Å². The Morgan fingerprint density at radius 1 is 0.833 bits per heavy atom. The Kier molecular flexibility index (Phi) is 3.14. The number of aldehydes is 1. The first-order valence-corrected chi connectivity index (χ1v) is 4.92. The fraction of sp³-hybridized carbons (Fsp3) is 0. The zero-order valence-corrected chi connectivity index (χ0v) is 8.88. The van der Waals surface area contributed by atoms with E-state index in [0.29, 0.717) is 18.4 Å². The first-order valence-electron chi connectivity index (χ1n) is 4.92. The smallest absolute Gasteiger partial charge is 0.150 e. The number of hydrogen-bond donors (Lipinski definition) is 0. The molecule has 0 radical (unpaired) electrons. The van der Waals surface area contributed by atoms with Gasteiger partial charge in [0, 0.05) is 23.3 Å². The second kappa shape index (κ2) is 4.60. The first-order chi connectivity index (χ1) is 8.52. The third kappa shape index (κ3) is 2.11. The van der Waals surface area contributed by atoms with Crippen molar-refractivity contribution < 1.29 is 22.4 Å². The highest BCUT2D eigenvalue weighted by Gasteiger charge is 2.17. The van der Waals surface area contributed by atoms with E-state index in [0.717, 1.165) is 12.1 Å². The number of carbonyl (C=O) groups is 1. The molecule has 0 fully saturated rings. The van der Waals surface area contributed by atoms with Gasteiger partial charge in [0.1, 0.15) is 29.6 Å². The highest BCUT2D eigenvalue weighted by Crippen LogP contribution is 2.29. The molecule has 0 aromatic heterocycles. The lowest BCUT2D eigenvalue weighted by atomic mass is 10.0. The van der Waals surface area contributed by atoms with Gasteiger partial charge in [-0.25, -0.2) is 17.6 Å². The number of benzene rings is 2. The van der Waals surface area contributed by atoms with E-state index in [2.05, 4.69) is 0 Å². The van der Waals surface area contributed by atoms with Crippen molar-refractivity contribution in [2.45, 2.75) is 0 Å². The molecule has 0 aliphatic carbocycles. The zero-order chi connectivity index (χ0) is 13.3. The van der Waals surface area contributed by atoms with E-state index < -0.39 is 28.8 Å². The Labute approximate surface area is 99.7 Å². The van der Waals surface area contributed by atoms with Crippen molar-refractivity contribution in [3.05, 3.63) is 59.2 Å². The molecule has 0 atom stereocenters. The van der Waals surface area contributed by atoms with Crippen LogP contribution in [0.15, 0.2) is 30.3 Å². The summed E-state index contributed by atoms with van der Waals surface area (Å²) in [4.78, 5) is 10.4. The monoisotopic (exact) mass is 254 g/mol. The summed E-state index contributed by atoms with van der Waals surface area (Å²) in [7, 11) is 0. The summed E-state index contributed by atoms with van der Waals surface area (Å²) >= 11 is 0. The third-order valence-electron chi connectivity index (χ3n) is 2.41. The largest absolute Gasteiger partial charge is 0.298 e. The van der Waals surface area contributed by atoms with Crippen molar-refractivity contribution >= 4 is 6.29 Å². The molecule has 0 aliphatic heterocycles. The summed E-state index contributed by atoms with van der Waals surface area (Å²) in [6, 6.07) is 4.06. The topological polar surface area (TPSA) is 17.1 Å². The summed E-state index contributed by atoms with van der Waals surface area (Å²) in [5.74, 6) is -4.45. The van der Waals surface area contributed by atoms with Gasteiger partial charge in [0.15, 0.2) is 0 Å². The van der Waals surface area contributed by atoms with Gasteiger partial charge in [-0.1, -0.05) is 12.1 Å². The molecule has 18 heavy (non-hydrogen) atoms. The molecule has 0 N–H and O–H groups in total. The third-order valence-corrected chi connectivity index (χ3v) is 2.41. The first kappa shape index (κ1) is 12.3. The van der Waals surface area contributed by atoms with Crippen molar-refractivity contribution in [1.29, 1.82) is 0 Å². The molecule has 0 unspecified atom stereocenters. The van der Waals surface area contributed by atoms with E-state index in [1.165, 1.54) is 6.07 Å². The van der Waals surface area contributed by atoms with Gasteiger partial charge >= 0.3 is 0 Å². The highest BCUT2D eigenvalue weighted by atomic mass is 19.1. The van der Waals surface area contributed by atoms with Crippen LogP contribution in [0.25, 0.3) is 11.1 Å². The molecule has 0 amide bonds. The number of halogens is 4. The standard InChI is InChI=1S/C13H6F4O/c14-8-4-11(16)13(12(17)5-8)9-2-1-7(6-18)3-10(9)15/h1-6H. The SMILES string of the molecule is O=Cc1ccc(-c2c(F)cc(F)cc2F)c(F)c1. The van der Waals surface area contributed by atoms with Gasteiger partial charge < -0.3 is 0 Å². The summed E-state index contributed by atoms with van der Waals surface area (Å²) in [5, 5.41) is 0. The molecule has 2 rings (SSSR count). The molecule has 0 saturated heterocycles. The highest BCUT2D eigenvalue weighted by molar-refractivity contribution is 5.77. The summed E-state index contributed by atoms with van der Waals surface area (Å²) in [5.41, 5.74) is -0.985. The van der Waals surface area contributed by atoms with Crippen molar-refractivity contribution in [2.75, 3.05) is 0 Å². The minimum absolute atomic E-state index is 0.0409. The maximum Gasteiger partial charge on any atom is 0.150 e. The average Bonchev–Trinajstić information content (AvgIpc) is 2.29. The van der Waals surface area contributed by atoms with Crippen LogP contribution in [-0.4, -0.2) is 6.29 Å². The average molecular weight is 254 g/mol. The molecular formula is C13H6F4O. The van der Waals surface area contributed by atoms with Crippen LogP contribution in [0.4, 0.5) is 17.6 Å². The van der Waals surface area contributed by atoms with Crippen molar-refractivity contribution in [1.82, 2.24) is 0 Å². The molecular weight excluding hydrogens is 248 g/mol. The molecule has 2 aromatic rings. The normalized spacial score (nSPS) is 10.4. The van der Waals surface area contributed by atoms with Gasteiger partial charge in [0.2, 0.25) is 0 Å². The second-order valence-corrected chi connectivity index (χ2v) is 3.60. The summed E-state index contributed by atoms with van der Waals surface area (Å²) < 4.78 is 53.2. The fourth-order valence-electron chi connectivity index (χ4n) is 1.61. The van der Waals surface area contributed by atoms with Crippen LogP contribution in [0, 0.1) is 23.3 Å². The Morgan fingerprint density at radius 2 is 1.44 bits per heavy atom. The van der Waals surface area contributed by atoms with Crippen molar-refractivity contribution in [3.63, 3.8) is 0 Å². The molecule has 0 bridgehead atoms.